The first-order valence-corrected chi connectivity index (χ1v) is 4.83. The van der Waals surface area contributed by atoms with E-state index in [0.717, 1.165) is 0 Å². The molecular formula is C10H13ClFNO. The normalized spacial score (nSPS) is 12.9. The van der Waals surface area contributed by atoms with Crippen molar-refractivity contribution in [1.29, 1.82) is 0 Å². The number of rotatable bonds is 4. The number of hydrogen-bond acceptors (Lipinski definition) is 2. The van der Waals surface area contributed by atoms with Gasteiger partial charge in [0.05, 0.1) is 6.10 Å². The molecule has 0 radical (unpaired) electrons. The third-order valence-electron chi connectivity index (χ3n) is 1.96. The minimum absolute atomic E-state index is 0.254. The molecule has 0 saturated heterocycles. The summed E-state index contributed by atoms with van der Waals surface area (Å²) in [5.74, 6) is -0.342. The van der Waals surface area contributed by atoms with E-state index in [-0.39, 0.29) is 12.2 Å². The van der Waals surface area contributed by atoms with Gasteiger partial charge < -0.3 is 10.8 Å². The monoisotopic (exact) mass is 217 g/mol. The lowest BCUT2D eigenvalue weighted by Crippen LogP contribution is -2.16. The van der Waals surface area contributed by atoms with Crippen LogP contribution in [0.5, 0.6) is 0 Å². The SMILES string of the molecule is NCCC(O)Cc1cc(Cl)ccc1F. The maximum Gasteiger partial charge on any atom is 0.126 e. The van der Waals surface area contributed by atoms with E-state index >= 15 is 0 Å². The largest absolute Gasteiger partial charge is 0.393 e. The molecule has 0 heterocycles. The van der Waals surface area contributed by atoms with Gasteiger partial charge in [0.1, 0.15) is 5.82 Å². The predicted molar refractivity (Wildman–Crippen MR) is 54.8 cm³/mol. The van der Waals surface area contributed by atoms with Crippen LogP contribution in [0, 0.1) is 5.82 Å². The van der Waals surface area contributed by atoms with Crippen molar-refractivity contribution in [2.24, 2.45) is 5.73 Å². The highest BCUT2D eigenvalue weighted by atomic mass is 35.5. The van der Waals surface area contributed by atoms with Crippen molar-refractivity contribution in [2.75, 3.05) is 6.54 Å². The topological polar surface area (TPSA) is 46.2 Å². The first kappa shape index (κ1) is 11.4. The van der Waals surface area contributed by atoms with Gasteiger partial charge in [0, 0.05) is 11.4 Å². The zero-order valence-electron chi connectivity index (χ0n) is 7.71. The van der Waals surface area contributed by atoms with Crippen LogP contribution < -0.4 is 5.73 Å². The predicted octanol–water partition coefficient (Wildman–Crippen LogP) is 1.73. The van der Waals surface area contributed by atoms with Crippen molar-refractivity contribution < 1.29 is 9.50 Å². The third kappa shape index (κ3) is 3.25. The maximum atomic E-state index is 13.2. The highest BCUT2D eigenvalue weighted by Crippen LogP contribution is 2.16. The van der Waals surface area contributed by atoms with Gasteiger partial charge in [-0.05, 0) is 36.7 Å². The van der Waals surface area contributed by atoms with Crippen molar-refractivity contribution in [1.82, 2.24) is 0 Å². The fourth-order valence-electron chi connectivity index (χ4n) is 1.25. The first-order chi connectivity index (χ1) is 6.63. The number of nitrogens with two attached hydrogens (primary N) is 1. The lowest BCUT2D eigenvalue weighted by molar-refractivity contribution is 0.166. The van der Waals surface area contributed by atoms with Gasteiger partial charge in [0.2, 0.25) is 0 Å². The lowest BCUT2D eigenvalue weighted by atomic mass is 10.1. The molecule has 0 spiro atoms. The summed E-state index contributed by atoms with van der Waals surface area (Å²) in [6.45, 7) is 0.392. The smallest absolute Gasteiger partial charge is 0.126 e. The highest BCUT2D eigenvalue weighted by Gasteiger charge is 2.09. The number of benzene rings is 1. The van der Waals surface area contributed by atoms with E-state index in [0.29, 0.717) is 23.6 Å². The molecule has 0 aliphatic heterocycles. The van der Waals surface area contributed by atoms with E-state index < -0.39 is 6.10 Å². The molecule has 1 aromatic carbocycles. The Morgan fingerprint density at radius 3 is 2.86 bits per heavy atom. The third-order valence-corrected chi connectivity index (χ3v) is 2.20. The maximum absolute atomic E-state index is 13.2. The first-order valence-electron chi connectivity index (χ1n) is 4.45. The van der Waals surface area contributed by atoms with Crippen molar-refractivity contribution in [3.8, 4) is 0 Å². The van der Waals surface area contributed by atoms with Crippen molar-refractivity contribution >= 4 is 11.6 Å². The second-order valence-electron chi connectivity index (χ2n) is 3.17. The molecule has 0 saturated carbocycles. The summed E-state index contributed by atoms with van der Waals surface area (Å²) in [4.78, 5) is 0. The summed E-state index contributed by atoms with van der Waals surface area (Å²) in [5.41, 5.74) is 5.70. The van der Waals surface area contributed by atoms with E-state index in [1.807, 2.05) is 0 Å². The van der Waals surface area contributed by atoms with Crippen LogP contribution in [-0.4, -0.2) is 17.8 Å². The standard InChI is InChI=1S/C10H13ClFNO/c11-8-1-2-10(12)7(5-8)6-9(14)3-4-13/h1-2,5,9,14H,3-4,6,13H2. The van der Waals surface area contributed by atoms with Gasteiger partial charge in [0.25, 0.3) is 0 Å². The van der Waals surface area contributed by atoms with Crippen molar-refractivity contribution in [2.45, 2.75) is 18.9 Å². The Hall–Kier alpha value is -0.640. The number of hydrogen-bond donors (Lipinski definition) is 2. The van der Waals surface area contributed by atoms with Gasteiger partial charge >= 0.3 is 0 Å². The van der Waals surface area contributed by atoms with Gasteiger partial charge in [-0.25, -0.2) is 4.39 Å². The molecule has 0 fully saturated rings. The molecule has 2 nitrogen and oxygen atoms in total. The van der Waals surface area contributed by atoms with Gasteiger partial charge in [-0.2, -0.15) is 0 Å². The zero-order valence-corrected chi connectivity index (χ0v) is 8.47. The summed E-state index contributed by atoms with van der Waals surface area (Å²) in [6.07, 6.45) is 0.114. The molecule has 0 aliphatic rings. The molecule has 0 aromatic heterocycles. The summed E-state index contributed by atoms with van der Waals surface area (Å²) < 4.78 is 13.2. The Morgan fingerprint density at radius 2 is 2.21 bits per heavy atom. The molecule has 1 aromatic rings. The van der Waals surface area contributed by atoms with Crippen LogP contribution in [0.4, 0.5) is 4.39 Å². The van der Waals surface area contributed by atoms with Crippen LogP contribution in [-0.2, 0) is 6.42 Å². The molecule has 0 aliphatic carbocycles. The van der Waals surface area contributed by atoms with Crippen LogP contribution >= 0.6 is 11.6 Å². The molecular weight excluding hydrogens is 205 g/mol. The molecule has 3 N–H and O–H groups in total. The van der Waals surface area contributed by atoms with Crippen molar-refractivity contribution in [3.63, 3.8) is 0 Å². The van der Waals surface area contributed by atoms with Crippen LogP contribution in [0.3, 0.4) is 0 Å². The Bertz CT molecular complexity index is 306. The van der Waals surface area contributed by atoms with E-state index in [2.05, 4.69) is 0 Å². The van der Waals surface area contributed by atoms with Gasteiger partial charge in [-0.1, -0.05) is 11.6 Å². The van der Waals surface area contributed by atoms with Crippen LogP contribution in [0.2, 0.25) is 5.02 Å². The Kier molecular flexibility index (Phi) is 4.32. The van der Waals surface area contributed by atoms with E-state index in [9.17, 15) is 9.50 Å². The Morgan fingerprint density at radius 1 is 1.50 bits per heavy atom. The van der Waals surface area contributed by atoms with E-state index in [4.69, 9.17) is 17.3 Å². The minimum atomic E-state index is -0.604. The molecule has 1 rings (SSSR count). The van der Waals surface area contributed by atoms with E-state index in [1.54, 1.807) is 0 Å². The molecule has 0 bridgehead atoms. The average Bonchev–Trinajstić information content (AvgIpc) is 2.12. The number of aliphatic hydroxyl groups excluding tert-OH is 1. The summed E-state index contributed by atoms with van der Waals surface area (Å²) >= 11 is 5.70. The highest BCUT2D eigenvalue weighted by molar-refractivity contribution is 6.30. The fourth-order valence-corrected chi connectivity index (χ4v) is 1.44. The average molecular weight is 218 g/mol. The second kappa shape index (κ2) is 5.29. The molecule has 78 valence electrons. The van der Waals surface area contributed by atoms with Gasteiger partial charge in [-0.15, -0.1) is 0 Å². The van der Waals surface area contributed by atoms with Crippen LogP contribution in [0.1, 0.15) is 12.0 Å². The van der Waals surface area contributed by atoms with Gasteiger partial charge in [-0.3, -0.25) is 0 Å². The molecule has 14 heavy (non-hydrogen) atoms. The lowest BCUT2D eigenvalue weighted by Gasteiger charge is -2.09. The van der Waals surface area contributed by atoms with Crippen LogP contribution in [0.15, 0.2) is 18.2 Å². The summed E-state index contributed by atoms with van der Waals surface area (Å²) in [7, 11) is 0. The summed E-state index contributed by atoms with van der Waals surface area (Å²) in [6, 6.07) is 4.30. The quantitative estimate of drug-likeness (QED) is 0.807. The summed E-state index contributed by atoms with van der Waals surface area (Å²) in [5, 5.41) is 9.90. The van der Waals surface area contributed by atoms with Crippen LogP contribution in [0.25, 0.3) is 0 Å². The Balaban J connectivity index is 2.70. The van der Waals surface area contributed by atoms with E-state index in [1.165, 1.54) is 18.2 Å². The minimum Gasteiger partial charge on any atom is -0.393 e. The Labute approximate surface area is 87.5 Å². The molecule has 1 unspecified atom stereocenters. The van der Waals surface area contributed by atoms with Crippen molar-refractivity contribution in [3.05, 3.63) is 34.6 Å². The fraction of sp³-hybridized carbons (Fsp3) is 0.400. The number of aliphatic hydroxyl groups is 1. The number of halogens is 2. The molecule has 4 heteroatoms. The zero-order chi connectivity index (χ0) is 10.6. The van der Waals surface area contributed by atoms with Gasteiger partial charge in [0.15, 0.2) is 0 Å². The molecule has 0 amide bonds. The molecule has 1 atom stereocenters. The second-order valence-corrected chi connectivity index (χ2v) is 3.61.